The van der Waals surface area contributed by atoms with Crippen molar-refractivity contribution in [3.8, 4) is 0 Å². The second kappa shape index (κ2) is 6.52. The molecule has 0 unspecified atom stereocenters. The third-order valence-electron chi connectivity index (χ3n) is 4.71. The van der Waals surface area contributed by atoms with E-state index in [9.17, 15) is 4.79 Å². The molecule has 4 nitrogen and oxygen atoms in total. The minimum atomic E-state index is -0.457. The van der Waals surface area contributed by atoms with Gasteiger partial charge in [0, 0.05) is 13.1 Å². The van der Waals surface area contributed by atoms with Crippen LogP contribution in [0, 0.1) is 5.92 Å². The zero-order valence-corrected chi connectivity index (χ0v) is 14.5. The Morgan fingerprint density at radius 1 is 1.35 bits per heavy atom. The van der Waals surface area contributed by atoms with Gasteiger partial charge in [0.1, 0.15) is 5.60 Å². The molecule has 23 heavy (non-hydrogen) atoms. The number of rotatable bonds is 4. The molecule has 1 aliphatic heterocycles. The van der Waals surface area contributed by atoms with Crippen LogP contribution in [0.1, 0.15) is 51.2 Å². The first-order chi connectivity index (χ1) is 10.9. The Balaban J connectivity index is 1.65. The third kappa shape index (κ3) is 3.86. The highest BCUT2D eigenvalue weighted by Crippen LogP contribution is 2.32. The maximum absolute atomic E-state index is 12.4. The average molecular weight is 316 g/mol. The molecule has 0 bridgehead atoms. The molecule has 0 radical (unpaired) electrons. The van der Waals surface area contributed by atoms with Crippen molar-refractivity contribution in [1.29, 1.82) is 0 Å². The van der Waals surface area contributed by atoms with Crippen LogP contribution >= 0.6 is 0 Å². The van der Waals surface area contributed by atoms with E-state index in [4.69, 9.17) is 4.74 Å². The maximum Gasteiger partial charge on any atom is 0.414 e. The molecule has 4 heteroatoms. The van der Waals surface area contributed by atoms with Gasteiger partial charge in [0.15, 0.2) is 0 Å². The molecule has 0 aromatic heterocycles. The standard InChI is InChI=1S/C19H28N2O2/c1-19(2,3)23-18(22)21-11-10-16-15(8-5-9-17(16)21)13-20-12-14-6-4-7-14/h5,8-9,14,20H,4,6-7,10-13H2,1-3H3. The summed E-state index contributed by atoms with van der Waals surface area (Å²) >= 11 is 0. The number of nitrogens with one attached hydrogen (secondary N) is 1. The van der Waals surface area contributed by atoms with Crippen LogP contribution in [-0.4, -0.2) is 24.8 Å². The van der Waals surface area contributed by atoms with Crippen LogP contribution < -0.4 is 10.2 Å². The number of nitrogens with zero attached hydrogens (tertiary/aromatic N) is 1. The highest BCUT2D eigenvalue weighted by Gasteiger charge is 2.30. The molecule has 1 aliphatic carbocycles. The number of carbonyl (C=O) groups excluding carboxylic acids is 1. The maximum atomic E-state index is 12.4. The Bertz CT molecular complexity index is 573. The zero-order chi connectivity index (χ0) is 16.4. The normalized spacial score (nSPS) is 17.8. The number of carbonyl (C=O) groups is 1. The molecule has 1 heterocycles. The largest absolute Gasteiger partial charge is 0.443 e. The Morgan fingerprint density at radius 2 is 2.13 bits per heavy atom. The number of ether oxygens (including phenoxy) is 1. The lowest BCUT2D eigenvalue weighted by Crippen LogP contribution is -2.35. The van der Waals surface area contributed by atoms with Gasteiger partial charge in [-0.3, -0.25) is 4.90 Å². The number of fused-ring (bicyclic) bond motifs is 1. The Hall–Kier alpha value is -1.55. The van der Waals surface area contributed by atoms with Gasteiger partial charge in [-0.25, -0.2) is 4.79 Å². The van der Waals surface area contributed by atoms with Gasteiger partial charge in [0.25, 0.3) is 0 Å². The Kier molecular flexibility index (Phi) is 4.62. The fourth-order valence-electron chi connectivity index (χ4n) is 3.29. The first-order valence-electron chi connectivity index (χ1n) is 8.76. The molecule has 1 saturated carbocycles. The van der Waals surface area contributed by atoms with Crippen LogP contribution in [0.25, 0.3) is 0 Å². The van der Waals surface area contributed by atoms with Crippen molar-refractivity contribution in [2.75, 3.05) is 18.0 Å². The van der Waals surface area contributed by atoms with Gasteiger partial charge >= 0.3 is 6.09 Å². The first-order valence-corrected chi connectivity index (χ1v) is 8.76. The fourth-order valence-corrected chi connectivity index (χ4v) is 3.29. The molecule has 0 spiro atoms. The van der Waals surface area contributed by atoms with Crippen molar-refractivity contribution >= 4 is 11.8 Å². The monoisotopic (exact) mass is 316 g/mol. The highest BCUT2D eigenvalue weighted by atomic mass is 16.6. The van der Waals surface area contributed by atoms with Gasteiger partial charge in [-0.05, 0) is 69.7 Å². The van der Waals surface area contributed by atoms with Crippen molar-refractivity contribution in [3.05, 3.63) is 29.3 Å². The van der Waals surface area contributed by atoms with Gasteiger partial charge < -0.3 is 10.1 Å². The predicted molar refractivity (Wildman–Crippen MR) is 92.8 cm³/mol. The minimum Gasteiger partial charge on any atom is -0.443 e. The number of hydrogen-bond acceptors (Lipinski definition) is 3. The molecular weight excluding hydrogens is 288 g/mol. The van der Waals surface area contributed by atoms with Crippen LogP contribution in [0.15, 0.2) is 18.2 Å². The van der Waals surface area contributed by atoms with E-state index < -0.39 is 5.60 Å². The van der Waals surface area contributed by atoms with Crippen LogP contribution in [0.5, 0.6) is 0 Å². The lowest BCUT2D eigenvalue weighted by molar-refractivity contribution is 0.0584. The second-order valence-electron chi connectivity index (χ2n) is 7.72. The number of amides is 1. The van der Waals surface area contributed by atoms with Crippen LogP contribution in [0.3, 0.4) is 0 Å². The van der Waals surface area contributed by atoms with Crippen molar-refractivity contribution in [1.82, 2.24) is 5.32 Å². The second-order valence-corrected chi connectivity index (χ2v) is 7.72. The smallest absolute Gasteiger partial charge is 0.414 e. The molecule has 0 saturated heterocycles. The fraction of sp³-hybridized carbons (Fsp3) is 0.632. The number of anilines is 1. The molecule has 1 fully saturated rings. The summed E-state index contributed by atoms with van der Waals surface area (Å²) in [6.07, 6.45) is 4.79. The molecular formula is C19H28N2O2. The molecule has 1 amide bonds. The number of benzene rings is 1. The topological polar surface area (TPSA) is 41.6 Å². The van der Waals surface area contributed by atoms with Gasteiger partial charge in [0.05, 0.1) is 5.69 Å². The van der Waals surface area contributed by atoms with Crippen molar-refractivity contribution in [3.63, 3.8) is 0 Å². The Labute approximate surface area is 139 Å². The van der Waals surface area contributed by atoms with Crippen LogP contribution in [0.4, 0.5) is 10.5 Å². The van der Waals surface area contributed by atoms with Crippen molar-refractivity contribution in [2.45, 2.75) is 58.6 Å². The summed E-state index contributed by atoms with van der Waals surface area (Å²) in [5, 5.41) is 3.58. The van der Waals surface area contributed by atoms with E-state index >= 15 is 0 Å². The van der Waals surface area contributed by atoms with E-state index in [-0.39, 0.29) is 6.09 Å². The van der Waals surface area contributed by atoms with E-state index in [1.165, 1.54) is 30.4 Å². The lowest BCUT2D eigenvalue weighted by Gasteiger charge is -2.26. The van der Waals surface area contributed by atoms with Gasteiger partial charge in [-0.15, -0.1) is 0 Å². The number of hydrogen-bond donors (Lipinski definition) is 1. The lowest BCUT2D eigenvalue weighted by atomic mass is 9.85. The van der Waals surface area contributed by atoms with Gasteiger partial charge in [0.2, 0.25) is 0 Å². The average Bonchev–Trinajstić information content (AvgIpc) is 2.84. The van der Waals surface area contributed by atoms with E-state index in [1.54, 1.807) is 4.90 Å². The summed E-state index contributed by atoms with van der Waals surface area (Å²) < 4.78 is 5.52. The summed E-state index contributed by atoms with van der Waals surface area (Å²) in [4.78, 5) is 14.1. The molecule has 1 aromatic rings. The van der Waals surface area contributed by atoms with Crippen LogP contribution in [-0.2, 0) is 17.7 Å². The molecule has 1 N–H and O–H groups in total. The van der Waals surface area contributed by atoms with Gasteiger partial charge in [-0.1, -0.05) is 18.6 Å². The minimum absolute atomic E-state index is 0.240. The predicted octanol–water partition coefficient (Wildman–Crippen LogP) is 3.87. The molecule has 1 aromatic carbocycles. The third-order valence-corrected chi connectivity index (χ3v) is 4.71. The van der Waals surface area contributed by atoms with Gasteiger partial charge in [-0.2, -0.15) is 0 Å². The first kappa shape index (κ1) is 16.3. The van der Waals surface area contributed by atoms with Crippen molar-refractivity contribution in [2.24, 2.45) is 5.92 Å². The summed E-state index contributed by atoms with van der Waals surface area (Å²) in [5.74, 6) is 0.866. The zero-order valence-electron chi connectivity index (χ0n) is 14.5. The summed E-state index contributed by atoms with van der Waals surface area (Å²) in [7, 11) is 0. The summed E-state index contributed by atoms with van der Waals surface area (Å²) in [5.41, 5.74) is 3.16. The van der Waals surface area contributed by atoms with Crippen LogP contribution in [0.2, 0.25) is 0 Å². The summed E-state index contributed by atoms with van der Waals surface area (Å²) in [6, 6.07) is 6.24. The Morgan fingerprint density at radius 3 is 2.78 bits per heavy atom. The molecule has 3 rings (SSSR count). The summed E-state index contributed by atoms with van der Waals surface area (Å²) in [6.45, 7) is 8.43. The molecule has 2 aliphatic rings. The SMILES string of the molecule is CC(C)(C)OC(=O)N1CCc2c(CNCC3CCC3)cccc21. The van der Waals surface area contributed by atoms with E-state index in [1.807, 2.05) is 32.9 Å². The van der Waals surface area contributed by atoms with Crippen molar-refractivity contribution < 1.29 is 9.53 Å². The molecule has 126 valence electrons. The molecule has 0 atom stereocenters. The quantitative estimate of drug-likeness (QED) is 0.916. The van der Waals surface area contributed by atoms with E-state index in [0.717, 1.165) is 31.1 Å². The van der Waals surface area contributed by atoms with E-state index in [2.05, 4.69) is 11.4 Å². The highest BCUT2D eigenvalue weighted by molar-refractivity contribution is 5.90. The van der Waals surface area contributed by atoms with E-state index in [0.29, 0.717) is 6.54 Å².